The number of aliphatic hydroxyl groups excluding tert-OH is 1. The van der Waals surface area contributed by atoms with Crippen LogP contribution in [0.25, 0.3) is 22.3 Å². The molecule has 1 saturated heterocycles. The van der Waals surface area contributed by atoms with Gasteiger partial charge in [-0.3, -0.25) is 14.4 Å². The number of fused-ring (bicyclic) bond motifs is 5. The summed E-state index contributed by atoms with van der Waals surface area (Å²) in [4.78, 5) is 52.9. The van der Waals surface area contributed by atoms with Crippen molar-refractivity contribution in [3.05, 3.63) is 61.7 Å². The maximum absolute atomic E-state index is 14.5. The Bertz CT molecular complexity index is 1750. The van der Waals surface area contributed by atoms with Gasteiger partial charge in [0.05, 0.1) is 35.6 Å². The lowest BCUT2D eigenvalue weighted by Gasteiger charge is -2.23. The predicted molar refractivity (Wildman–Crippen MR) is 162 cm³/mol. The topological polar surface area (TPSA) is 180 Å². The molecule has 2 atom stereocenters. The number of benzene rings is 1. The lowest BCUT2D eigenvalue weighted by molar-refractivity contribution is -0.157. The zero-order valence-corrected chi connectivity index (χ0v) is 25.7. The van der Waals surface area contributed by atoms with Gasteiger partial charge in [0.2, 0.25) is 11.8 Å². The number of amides is 2. The first kappa shape index (κ1) is 32.2. The number of carbonyl (C=O) groups is 3. The third-order valence-electron chi connectivity index (χ3n) is 8.65. The fourth-order valence-electron chi connectivity index (χ4n) is 6.55. The largest absolute Gasteiger partial charge is 0.458 e. The van der Waals surface area contributed by atoms with Gasteiger partial charge in [0.1, 0.15) is 25.3 Å². The molecule has 2 aromatic heterocycles. The number of cyclic esters (lactones) is 1. The van der Waals surface area contributed by atoms with Crippen molar-refractivity contribution in [3.63, 3.8) is 0 Å². The van der Waals surface area contributed by atoms with Crippen LogP contribution in [0.4, 0.5) is 4.39 Å². The molecule has 4 aliphatic rings. The minimum atomic E-state index is -1.48. The Labute approximate surface area is 259 Å². The number of aliphatic hydroxyl groups is 1. The van der Waals surface area contributed by atoms with Crippen LogP contribution in [0.5, 0.6) is 0 Å². The van der Waals surface area contributed by atoms with E-state index in [-0.39, 0.29) is 48.8 Å². The second-order valence-electron chi connectivity index (χ2n) is 11.2. The number of nitrogens with zero attached hydrogens (tertiary/aromatic N) is 3. The van der Waals surface area contributed by atoms with Gasteiger partial charge in [-0.1, -0.05) is 13.8 Å². The molecule has 0 bridgehead atoms. The number of aromatic nitrogens is 2. The van der Waals surface area contributed by atoms with Crippen LogP contribution in [-0.2, 0) is 49.9 Å². The molecular weight excluding hydrogens is 585 g/mol. The fraction of sp³-hybridized carbons (Fsp3) is 0.469. The molecule has 7 rings (SSSR count). The molecule has 12 nitrogen and oxygen atoms in total. The number of halogens is 1. The van der Waals surface area contributed by atoms with E-state index in [0.29, 0.717) is 41.1 Å². The molecule has 0 saturated carbocycles. The summed E-state index contributed by atoms with van der Waals surface area (Å²) >= 11 is 0. The molecule has 0 radical (unpaired) electrons. The molecule has 45 heavy (non-hydrogen) atoms. The fourth-order valence-corrected chi connectivity index (χ4v) is 6.55. The van der Waals surface area contributed by atoms with Crippen LogP contribution in [0.1, 0.15) is 72.6 Å². The van der Waals surface area contributed by atoms with Gasteiger partial charge in [-0.15, -0.1) is 0 Å². The van der Waals surface area contributed by atoms with Gasteiger partial charge >= 0.3 is 5.97 Å². The SMILES string of the molecule is CC.Cc1c(F)cc2nc3c(c4c2c1CCC4)Cn1c-3cc2c(c1=O)COC(=O)C2O.NCC(=O)N1CCCC1OCC(N)=O. The lowest BCUT2D eigenvalue weighted by Crippen LogP contribution is -2.41. The van der Waals surface area contributed by atoms with Crippen molar-refractivity contribution in [3.8, 4) is 11.4 Å². The van der Waals surface area contributed by atoms with E-state index >= 15 is 0 Å². The van der Waals surface area contributed by atoms with E-state index in [4.69, 9.17) is 25.9 Å². The minimum absolute atomic E-state index is 0.0313. The summed E-state index contributed by atoms with van der Waals surface area (Å²) < 4.78 is 26.2. The third kappa shape index (κ3) is 5.71. The summed E-state index contributed by atoms with van der Waals surface area (Å²) in [6.45, 7) is 6.50. The van der Waals surface area contributed by atoms with E-state index in [1.54, 1.807) is 22.5 Å². The molecule has 5 heterocycles. The first-order valence-corrected chi connectivity index (χ1v) is 15.2. The van der Waals surface area contributed by atoms with Gasteiger partial charge in [-0.25, -0.2) is 14.2 Å². The Morgan fingerprint density at radius 3 is 2.58 bits per heavy atom. The highest BCUT2D eigenvalue weighted by atomic mass is 19.1. The number of rotatable bonds is 4. The third-order valence-corrected chi connectivity index (χ3v) is 8.65. The Kier molecular flexibility index (Phi) is 9.33. The summed E-state index contributed by atoms with van der Waals surface area (Å²) in [6.07, 6.45) is 2.39. The first-order valence-electron chi connectivity index (χ1n) is 15.2. The average molecular weight is 624 g/mol. The molecule has 2 unspecified atom stereocenters. The molecule has 3 aliphatic heterocycles. The number of likely N-dealkylation sites (tertiary alicyclic amines) is 1. The Hall–Kier alpha value is -4.20. The van der Waals surface area contributed by atoms with Crippen molar-refractivity contribution in [1.82, 2.24) is 14.5 Å². The molecule has 5 N–H and O–H groups in total. The van der Waals surface area contributed by atoms with Crippen molar-refractivity contribution < 1.29 is 33.4 Å². The highest BCUT2D eigenvalue weighted by Crippen LogP contribution is 2.42. The van der Waals surface area contributed by atoms with Gasteiger partial charge in [0.25, 0.3) is 5.56 Å². The molecule has 1 fully saturated rings. The van der Waals surface area contributed by atoms with E-state index < -0.39 is 18.0 Å². The van der Waals surface area contributed by atoms with Crippen molar-refractivity contribution in [2.24, 2.45) is 11.5 Å². The number of nitrogens with two attached hydrogens (primary N) is 2. The smallest absolute Gasteiger partial charge is 0.340 e. The summed E-state index contributed by atoms with van der Waals surface area (Å²) in [5.74, 6) is -1.72. The highest BCUT2D eigenvalue weighted by Gasteiger charge is 2.35. The minimum Gasteiger partial charge on any atom is -0.458 e. The van der Waals surface area contributed by atoms with Crippen LogP contribution < -0.4 is 17.0 Å². The van der Waals surface area contributed by atoms with Crippen molar-refractivity contribution in [2.45, 2.75) is 78.4 Å². The highest BCUT2D eigenvalue weighted by molar-refractivity contribution is 5.92. The van der Waals surface area contributed by atoms with E-state index in [9.17, 15) is 28.7 Å². The lowest BCUT2D eigenvalue weighted by atomic mass is 9.85. The zero-order valence-electron chi connectivity index (χ0n) is 25.7. The van der Waals surface area contributed by atoms with E-state index in [2.05, 4.69) is 0 Å². The Balaban J connectivity index is 0.000000212. The van der Waals surface area contributed by atoms with Gasteiger partial charge in [0.15, 0.2) is 6.10 Å². The normalized spacial score (nSPS) is 19.0. The monoisotopic (exact) mass is 623 g/mol. The van der Waals surface area contributed by atoms with E-state index in [1.165, 1.54) is 6.07 Å². The van der Waals surface area contributed by atoms with Crippen molar-refractivity contribution >= 4 is 28.7 Å². The van der Waals surface area contributed by atoms with Crippen molar-refractivity contribution in [1.29, 1.82) is 0 Å². The number of ether oxygens (including phenoxy) is 2. The standard InChI is InChI=1S/C22H17FN2O4.C8H15N3O3.C2H6/c1-9-10-3-2-4-11-13-7-25-17(19(13)24-16(18(10)11)6-15(9)23)5-12-14(21(25)27)8-29-22(28)20(12)26;9-4-7(13)11-3-1-2-8(11)14-5-6(10)12;1-2/h5-6,20,26H,2-4,7-8H2,1H3;8H,1-5,9H2,(H2,10,12);1-2H3. The van der Waals surface area contributed by atoms with E-state index in [1.807, 2.05) is 13.8 Å². The van der Waals surface area contributed by atoms with Crippen LogP contribution in [0.3, 0.4) is 0 Å². The number of aryl methyl sites for hydroxylation is 2. The zero-order chi connectivity index (χ0) is 32.6. The molecule has 13 heteroatoms. The molecule has 1 aliphatic carbocycles. The second-order valence-corrected chi connectivity index (χ2v) is 11.2. The summed E-state index contributed by atoms with van der Waals surface area (Å²) in [5.41, 5.74) is 16.0. The molecular formula is C32H38FN5O7. The first-order chi connectivity index (χ1) is 21.6. The number of carbonyl (C=O) groups excluding carboxylic acids is 3. The Morgan fingerprint density at radius 1 is 1.13 bits per heavy atom. The van der Waals surface area contributed by atoms with Crippen LogP contribution in [0.2, 0.25) is 0 Å². The summed E-state index contributed by atoms with van der Waals surface area (Å²) in [5, 5.41) is 11.2. The quantitative estimate of drug-likeness (QED) is 0.286. The number of pyridine rings is 2. The van der Waals surface area contributed by atoms with Crippen molar-refractivity contribution in [2.75, 3.05) is 19.7 Å². The van der Waals surface area contributed by atoms with Gasteiger partial charge in [-0.2, -0.15) is 0 Å². The Morgan fingerprint density at radius 2 is 1.87 bits per heavy atom. The van der Waals surface area contributed by atoms with E-state index in [0.717, 1.165) is 54.2 Å². The predicted octanol–water partition coefficient (Wildman–Crippen LogP) is 1.87. The van der Waals surface area contributed by atoms with Crippen LogP contribution in [-0.4, -0.2) is 63.3 Å². The molecule has 1 aromatic carbocycles. The number of hydrogen-bond acceptors (Lipinski definition) is 9. The number of esters is 1. The molecule has 240 valence electrons. The average Bonchev–Trinajstić information content (AvgIpc) is 3.67. The van der Waals surface area contributed by atoms with Crippen LogP contribution in [0, 0.1) is 12.7 Å². The van der Waals surface area contributed by atoms with Gasteiger partial charge in [-0.05, 0) is 61.8 Å². The number of hydrogen-bond donors (Lipinski definition) is 3. The molecule has 3 aromatic rings. The summed E-state index contributed by atoms with van der Waals surface area (Å²) in [7, 11) is 0. The molecule has 0 spiro atoms. The van der Waals surface area contributed by atoms with Gasteiger partial charge < -0.3 is 35.5 Å². The second kappa shape index (κ2) is 13.0. The maximum Gasteiger partial charge on any atom is 0.340 e. The number of primary amides is 1. The van der Waals surface area contributed by atoms with Crippen LogP contribution >= 0.6 is 0 Å². The van der Waals surface area contributed by atoms with Crippen LogP contribution in [0.15, 0.2) is 16.9 Å². The van der Waals surface area contributed by atoms with Gasteiger partial charge in [0, 0.05) is 29.1 Å². The molecule has 2 amide bonds. The maximum atomic E-state index is 14.5. The summed E-state index contributed by atoms with van der Waals surface area (Å²) in [6, 6.07) is 3.13.